The summed E-state index contributed by atoms with van der Waals surface area (Å²) in [5.74, 6) is 0.227. The van der Waals surface area contributed by atoms with Crippen LogP contribution < -0.4 is 5.73 Å². The van der Waals surface area contributed by atoms with Crippen molar-refractivity contribution in [3.8, 4) is 0 Å². The Hall–Kier alpha value is -1.10. The Morgan fingerprint density at radius 3 is 3.07 bits per heavy atom. The van der Waals surface area contributed by atoms with Crippen molar-refractivity contribution >= 4 is 22.7 Å². The number of halogens is 1. The predicted octanol–water partition coefficient (Wildman–Crippen LogP) is 1.47. The van der Waals surface area contributed by atoms with E-state index in [1.54, 1.807) is 18.2 Å². The van der Waals surface area contributed by atoms with Crippen molar-refractivity contribution in [2.45, 2.75) is 6.10 Å². The molecule has 74 valence electrons. The molecule has 2 aromatic rings. The number of rotatable bonds is 2. The SMILES string of the molecule is NCC(O)c1nc2cc(Cl)ccc2o1. The second-order valence-electron chi connectivity index (χ2n) is 2.92. The Kier molecular flexibility index (Phi) is 2.41. The molecule has 2 rings (SSSR count). The number of aliphatic hydroxyl groups is 1. The maximum absolute atomic E-state index is 9.39. The van der Waals surface area contributed by atoms with Gasteiger partial charge in [-0.25, -0.2) is 4.98 Å². The van der Waals surface area contributed by atoms with Crippen LogP contribution in [0.4, 0.5) is 0 Å². The minimum atomic E-state index is -0.860. The maximum atomic E-state index is 9.39. The summed E-state index contributed by atoms with van der Waals surface area (Å²) in [4.78, 5) is 4.06. The highest BCUT2D eigenvalue weighted by Gasteiger charge is 2.13. The number of benzene rings is 1. The normalized spacial score (nSPS) is 13.4. The average Bonchev–Trinajstić information content (AvgIpc) is 2.59. The second-order valence-corrected chi connectivity index (χ2v) is 3.35. The van der Waals surface area contributed by atoms with Crippen LogP contribution in [0.15, 0.2) is 22.6 Å². The highest BCUT2D eigenvalue weighted by molar-refractivity contribution is 6.31. The molecule has 0 saturated heterocycles. The first-order valence-electron chi connectivity index (χ1n) is 4.15. The molecular weight excluding hydrogens is 204 g/mol. The lowest BCUT2D eigenvalue weighted by atomic mass is 10.3. The van der Waals surface area contributed by atoms with Crippen LogP contribution in [0, 0.1) is 0 Å². The number of hydrogen-bond donors (Lipinski definition) is 2. The second kappa shape index (κ2) is 3.57. The minimum Gasteiger partial charge on any atom is -0.438 e. The molecule has 0 fully saturated rings. The first-order valence-corrected chi connectivity index (χ1v) is 4.52. The number of fused-ring (bicyclic) bond motifs is 1. The smallest absolute Gasteiger partial charge is 0.225 e. The van der Waals surface area contributed by atoms with Crippen LogP contribution >= 0.6 is 11.6 Å². The molecule has 14 heavy (non-hydrogen) atoms. The number of aromatic nitrogens is 1. The van der Waals surface area contributed by atoms with Gasteiger partial charge in [-0.15, -0.1) is 0 Å². The Balaban J connectivity index is 2.51. The third-order valence-electron chi connectivity index (χ3n) is 1.87. The van der Waals surface area contributed by atoms with E-state index in [0.717, 1.165) is 0 Å². The lowest BCUT2D eigenvalue weighted by Crippen LogP contribution is -2.11. The molecule has 0 amide bonds. The summed E-state index contributed by atoms with van der Waals surface area (Å²) < 4.78 is 5.28. The van der Waals surface area contributed by atoms with E-state index in [0.29, 0.717) is 16.1 Å². The molecule has 4 nitrogen and oxygen atoms in total. The molecule has 0 bridgehead atoms. The van der Waals surface area contributed by atoms with Gasteiger partial charge in [-0.2, -0.15) is 0 Å². The van der Waals surface area contributed by atoms with Gasteiger partial charge >= 0.3 is 0 Å². The van der Waals surface area contributed by atoms with Crippen LogP contribution in [0.5, 0.6) is 0 Å². The van der Waals surface area contributed by atoms with Crippen molar-refractivity contribution in [3.05, 3.63) is 29.1 Å². The molecule has 1 unspecified atom stereocenters. The van der Waals surface area contributed by atoms with Crippen molar-refractivity contribution in [1.82, 2.24) is 4.98 Å². The van der Waals surface area contributed by atoms with E-state index >= 15 is 0 Å². The maximum Gasteiger partial charge on any atom is 0.225 e. The van der Waals surface area contributed by atoms with Crippen molar-refractivity contribution in [2.24, 2.45) is 5.73 Å². The summed E-state index contributed by atoms with van der Waals surface area (Å²) in [5, 5.41) is 9.97. The molecule has 0 radical (unpaired) electrons. The van der Waals surface area contributed by atoms with Gasteiger partial charge in [0, 0.05) is 11.6 Å². The van der Waals surface area contributed by atoms with Gasteiger partial charge in [-0.1, -0.05) is 11.6 Å². The molecule has 0 spiro atoms. The first-order chi connectivity index (χ1) is 6.70. The Bertz CT molecular complexity index is 455. The van der Waals surface area contributed by atoms with E-state index in [1.165, 1.54) is 0 Å². The number of nitrogens with zero attached hydrogens (tertiary/aromatic N) is 1. The van der Waals surface area contributed by atoms with Crippen molar-refractivity contribution in [2.75, 3.05) is 6.54 Å². The lowest BCUT2D eigenvalue weighted by Gasteiger charge is -1.99. The van der Waals surface area contributed by atoms with Crippen LogP contribution in [0.3, 0.4) is 0 Å². The third-order valence-corrected chi connectivity index (χ3v) is 2.11. The predicted molar refractivity (Wildman–Crippen MR) is 53.0 cm³/mol. The molecular formula is C9H9ClN2O2. The summed E-state index contributed by atoms with van der Waals surface area (Å²) in [7, 11) is 0. The molecule has 1 aromatic carbocycles. The van der Waals surface area contributed by atoms with Crippen molar-refractivity contribution < 1.29 is 9.52 Å². The van der Waals surface area contributed by atoms with Gasteiger partial charge in [0.05, 0.1) is 0 Å². The van der Waals surface area contributed by atoms with Gasteiger partial charge < -0.3 is 15.3 Å². The van der Waals surface area contributed by atoms with E-state index in [-0.39, 0.29) is 12.4 Å². The van der Waals surface area contributed by atoms with Crippen LogP contribution in [0.25, 0.3) is 11.1 Å². The molecule has 0 aliphatic carbocycles. The van der Waals surface area contributed by atoms with E-state index in [2.05, 4.69) is 4.98 Å². The fourth-order valence-electron chi connectivity index (χ4n) is 1.16. The number of nitrogens with two attached hydrogens (primary N) is 1. The standard InChI is InChI=1S/C9H9ClN2O2/c10-5-1-2-8-6(3-5)12-9(14-8)7(13)4-11/h1-3,7,13H,4,11H2. The summed E-state index contributed by atoms with van der Waals surface area (Å²) >= 11 is 5.77. The molecule has 0 aliphatic rings. The molecule has 1 atom stereocenters. The topological polar surface area (TPSA) is 72.3 Å². The van der Waals surface area contributed by atoms with Crippen LogP contribution in [-0.2, 0) is 0 Å². The largest absolute Gasteiger partial charge is 0.438 e. The number of hydrogen-bond acceptors (Lipinski definition) is 4. The summed E-state index contributed by atoms with van der Waals surface area (Å²) in [5.41, 5.74) is 6.50. The number of aliphatic hydroxyl groups excluding tert-OH is 1. The highest BCUT2D eigenvalue weighted by Crippen LogP contribution is 2.22. The molecule has 1 aromatic heterocycles. The van der Waals surface area contributed by atoms with Gasteiger partial charge in [-0.3, -0.25) is 0 Å². The van der Waals surface area contributed by atoms with E-state index in [4.69, 9.17) is 21.8 Å². The summed E-state index contributed by atoms with van der Waals surface area (Å²) in [6.45, 7) is 0.0839. The van der Waals surface area contributed by atoms with Crippen molar-refractivity contribution in [3.63, 3.8) is 0 Å². The molecule has 0 aliphatic heterocycles. The lowest BCUT2D eigenvalue weighted by molar-refractivity contribution is 0.154. The van der Waals surface area contributed by atoms with E-state index in [1.807, 2.05) is 0 Å². The molecule has 0 saturated carbocycles. The average molecular weight is 213 g/mol. The Labute approximate surface area is 85.3 Å². The van der Waals surface area contributed by atoms with Gasteiger partial charge in [-0.05, 0) is 18.2 Å². The quantitative estimate of drug-likeness (QED) is 0.791. The van der Waals surface area contributed by atoms with Gasteiger partial charge in [0.2, 0.25) is 5.89 Å². The van der Waals surface area contributed by atoms with Gasteiger partial charge in [0.25, 0.3) is 0 Å². The minimum absolute atomic E-state index is 0.0839. The molecule has 1 heterocycles. The summed E-state index contributed by atoms with van der Waals surface area (Å²) in [6, 6.07) is 5.08. The highest BCUT2D eigenvalue weighted by atomic mass is 35.5. The zero-order chi connectivity index (χ0) is 10.1. The zero-order valence-corrected chi connectivity index (χ0v) is 8.03. The Morgan fingerprint density at radius 1 is 1.57 bits per heavy atom. The van der Waals surface area contributed by atoms with Gasteiger partial charge in [0.15, 0.2) is 5.58 Å². The summed E-state index contributed by atoms with van der Waals surface area (Å²) in [6.07, 6.45) is -0.860. The fraction of sp³-hybridized carbons (Fsp3) is 0.222. The first kappa shape index (κ1) is 9.45. The third kappa shape index (κ3) is 1.59. The monoisotopic (exact) mass is 212 g/mol. The Morgan fingerprint density at radius 2 is 2.36 bits per heavy atom. The van der Waals surface area contributed by atoms with Gasteiger partial charge in [0.1, 0.15) is 11.6 Å². The van der Waals surface area contributed by atoms with Crippen LogP contribution in [0.1, 0.15) is 12.0 Å². The van der Waals surface area contributed by atoms with Crippen LogP contribution in [0.2, 0.25) is 5.02 Å². The van der Waals surface area contributed by atoms with E-state index < -0.39 is 6.10 Å². The zero-order valence-electron chi connectivity index (χ0n) is 7.27. The molecule has 3 N–H and O–H groups in total. The molecule has 5 heteroatoms. The number of oxazole rings is 1. The van der Waals surface area contributed by atoms with E-state index in [9.17, 15) is 5.11 Å². The fourth-order valence-corrected chi connectivity index (χ4v) is 1.33. The van der Waals surface area contributed by atoms with Crippen LogP contribution in [-0.4, -0.2) is 16.6 Å². The van der Waals surface area contributed by atoms with Crippen molar-refractivity contribution in [1.29, 1.82) is 0 Å².